The molecule has 4 nitrogen and oxygen atoms in total. The molecular formula is C29H33NO3. The summed E-state index contributed by atoms with van der Waals surface area (Å²) in [6.07, 6.45) is -0.104. The molecule has 0 aliphatic carbocycles. The quantitative estimate of drug-likeness (QED) is 0.417. The Hall–Kier alpha value is -3.40. The van der Waals surface area contributed by atoms with Crippen LogP contribution in [-0.4, -0.2) is 17.8 Å². The molecule has 3 aromatic rings. The fourth-order valence-electron chi connectivity index (χ4n) is 3.58. The van der Waals surface area contributed by atoms with E-state index in [0.717, 1.165) is 11.1 Å². The Balaban J connectivity index is 1.74. The maximum absolute atomic E-state index is 13.0. The first-order valence-corrected chi connectivity index (χ1v) is 11.4. The van der Waals surface area contributed by atoms with Crippen molar-refractivity contribution in [2.24, 2.45) is 0 Å². The number of aryl methyl sites for hydroxylation is 1. The summed E-state index contributed by atoms with van der Waals surface area (Å²) in [5.74, 6) is 0.391. The van der Waals surface area contributed by atoms with Crippen LogP contribution in [0.3, 0.4) is 0 Å². The number of amides is 1. The van der Waals surface area contributed by atoms with Gasteiger partial charge in [-0.05, 0) is 60.6 Å². The molecule has 172 valence electrons. The molecule has 3 rings (SSSR count). The number of carbonyl (C=O) groups is 2. The van der Waals surface area contributed by atoms with Crippen molar-refractivity contribution in [1.82, 2.24) is 0 Å². The number of ketones is 1. The van der Waals surface area contributed by atoms with E-state index in [1.54, 1.807) is 24.3 Å². The molecule has 1 N–H and O–H groups in total. The Morgan fingerprint density at radius 2 is 1.58 bits per heavy atom. The second kappa shape index (κ2) is 10.0. The summed E-state index contributed by atoms with van der Waals surface area (Å²) in [5, 5.41) is 2.91. The molecule has 0 fully saturated rings. The van der Waals surface area contributed by atoms with E-state index in [0.29, 0.717) is 29.0 Å². The first kappa shape index (κ1) is 24.2. The molecule has 0 bridgehead atoms. The number of ether oxygens (including phenoxy) is 1. The number of nitrogens with one attached hydrogen (secondary N) is 1. The predicted octanol–water partition coefficient (Wildman–Crippen LogP) is 6.63. The number of hydrogen-bond acceptors (Lipinski definition) is 3. The van der Waals surface area contributed by atoms with Crippen molar-refractivity contribution >= 4 is 17.4 Å². The van der Waals surface area contributed by atoms with Gasteiger partial charge in [0.2, 0.25) is 0 Å². The molecule has 0 spiro atoms. The van der Waals surface area contributed by atoms with Crippen molar-refractivity contribution in [1.29, 1.82) is 0 Å². The van der Waals surface area contributed by atoms with Gasteiger partial charge in [-0.2, -0.15) is 0 Å². The molecule has 1 atom stereocenters. The molecule has 0 aliphatic heterocycles. The third-order valence-electron chi connectivity index (χ3n) is 5.89. The van der Waals surface area contributed by atoms with Crippen molar-refractivity contribution in [3.05, 3.63) is 94.5 Å². The van der Waals surface area contributed by atoms with Crippen LogP contribution in [0, 0.1) is 13.8 Å². The summed E-state index contributed by atoms with van der Waals surface area (Å²) < 4.78 is 6.02. The van der Waals surface area contributed by atoms with Gasteiger partial charge in [-0.3, -0.25) is 9.59 Å². The van der Waals surface area contributed by atoms with E-state index in [1.165, 1.54) is 5.56 Å². The van der Waals surface area contributed by atoms with Crippen molar-refractivity contribution < 1.29 is 14.3 Å². The zero-order chi connectivity index (χ0) is 24.2. The highest BCUT2D eigenvalue weighted by molar-refractivity contribution is 6.09. The molecule has 0 saturated carbocycles. The lowest BCUT2D eigenvalue weighted by atomic mass is 9.86. The Kier molecular flexibility index (Phi) is 7.37. The minimum absolute atomic E-state index is 0.0284. The molecule has 0 unspecified atom stereocenters. The second-order valence-electron chi connectivity index (χ2n) is 9.44. The SMILES string of the molecule is CC[C@@H](Oc1cccc(C)c1C)C(=O)Nc1cccc(C(=O)c2ccc(C(C)(C)C)cc2)c1. The van der Waals surface area contributed by atoms with Crippen molar-refractivity contribution in [3.63, 3.8) is 0 Å². The van der Waals surface area contributed by atoms with Crippen molar-refractivity contribution in [3.8, 4) is 5.75 Å². The number of benzene rings is 3. The van der Waals surface area contributed by atoms with Gasteiger partial charge in [0.1, 0.15) is 5.75 Å². The van der Waals surface area contributed by atoms with E-state index in [2.05, 4.69) is 26.1 Å². The lowest BCUT2D eigenvalue weighted by Crippen LogP contribution is -2.32. The number of rotatable bonds is 7. The maximum atomic E-state index is 13.0. The van der Waals surface area contributed by atoms with Crippen molar-refractivity contribution in [2.75, 3.05) is 5.32 Å². The highest BCUT2D eigenvalue weighted by atomic mass is 16.5. The maximum Gasteiger partial charge on any atom is 0.265 e. The van der Waals surface area contributed by atoms with Gasteiger partial charge < -0.3 is 10.1 Å². The molecule has 0 aliphatic rings. The van der Waals surface area contributed by atoms with Gasteiger partial charge in [0.05, 0.1) is 0 Å². The number of carbonyl (C=O) groups excluding carboxylic acids is 2. The summed E-state index contributed by atoms with van der Waals surface area (Å²) in [4.78, 5) is 25.9. The van der Waals surface area contributed by atoms with Gasteiger partial charge in [-0.1, -0.05) is 76.2 Å². The topological polar surface area (TPSA) is 55.4 Å². The van der Waals surface area contributed by atoms with Crippen LogP contribution in [0.4, 0.5) is 5.69 Å². The predicted molar refractivity (Wildman–Crippen MR) is 134 cm³/mol. The van der Waals surface area contributed by atoms with Crippen LogP contribution in [0.1, 0.15) is 66.7 Å². The number of hydrogen-bond donors (Lipinski definition) is 1. The van der Waals surface area contributed by atoms with Crippen LogP contribution < -0.4 is 10.1 Å². The zero-order valence-corrected chi connectivity index (χ0v) is 20.4. The molecule has 0 saturated heterocycles. The Morgan fingerprint density at radius 3 is 2.21 bits per heavy atom. The first-order chi connectivity index (χ1) is 15.6. The summed E-state index contributed by atoms with van der Waals surface area (Å²) >= 11 is 0. The summed E-state index contributed by atoms with van der Waals surface area (Å²) in [6, 6.07) is 20.6. The minimum Gasteiger partial charge on any atom is -0.480 e. The van der Waals surface area contributed by atoms with Crippen LogP contribution in [0.15, 0.2) is 66.7 Å². The lowest BCUT2D eigenvalue weighted by molar-refractivity contribution is -0.122. The average Bonchev–Trinajstić information content (AvgIpc) is 2.79. The van der Waals surface area contributed by atoms with Gasteiger partial charge in [0.25, 0.3) is 5.91 Å². The summed E-state index contributed by atoms with van der Waals surface area (Å²) in [7, 11) is 0. The van der Waals surface area contributed by atoms with Gasteiger partial charge in [0, 0.05) is 16.8 Å². The third kappa shape index (κ3) is 5.89. The molecular weight excluding hydrogens is 410 g/mol. The van der Waals surface area contributed by atoms with Crippen LogP contribution in [0.2, 0.25) is 0 Å². The largest absolute Gasteiger partial charge is 0.480 e. The fourth-order valence-corrected chi connectivity index (χ4v) is 3.58. The standard InChI is InChI=1S/C29H33NO3/c1-7-25(33-26-13-8-10-19(2)20(26)3)28(32)30-24-12-9-11-22(18-24)27(31)21-14-16-23(17-15-21)29(4,5)6/h8-18,25H,7H2,1-6H3,(H,30,32)/t25-/m1/s1. The zero-order valence-electron chi connectivity index (χ0n) is 20.4. The van der Waals surface area contributed by atoms with Crippen LogP contribution in [-0.2, 0) is 10.2 Å². The van der Waals surface area contributed by atoms with E-state index in [1.807, 2.05) is 63.2 Å². The van der Waals surface area contributed by atoms with E-state index < -0.39 is 6.10 Å². The molecule has 4 heteroatoms. The highest BCUT2D eigenvalue weighted by Crippen LogP contribution is 2.25. The molecule has 3 aromatic carbocycles. The molecule has 33 heavy (non-hydrogen) atoms. The first-order valence-electron chi connectivity index (χ1n) is 11.4. The minimum atomic E-state index is -0.630. The average molecular weight is 444 g/mol. The molecule has 0 aromatic heterocycles. The van der Waals surface area contributed by atoms with E-state index >= 15 is 0 Å². The van der Waals surface area contributed by atoms with Gasteiger partial charge in [0.15, 0.2) is 11.9 Å². The van der Waals surface area contributed by atoms with E-state index in [4.69, 9.17) is 4.74 Å². The normalized spacial score (nSPS) is 12.2. The van der Waals surface area contributed by atoms with E-state index in [-0.39, 0.29) is 17.1 Å². The summed E-state index contributed by atoms with van der Waals surface area (Å²) in [5.41, 5.74) is 5.06. The molecule has 1 amide bonds. The second-order valence-corrected chi connectivity index (χ2v) is 9.44. The Morgan fingerprint density at radius 1 is 0.909 bits per heavy atom. The van der Waals surface area contributed by atoms with Gasteiger partial charge in [-0.15, -0.1) is 0 Å². The summed E-state index contributed by atoms with van der Waals surface area (Å²) in [6.45, 7) is 12.3. The van der Waals surface area contributed by atoms with Gasteiger partial charge >= 0.3 is 0 Å². The van der Waals surface area contributed by atoms with Crippen LogP contribution in [0.25, 0.3) is 0 Å². The monoisotopic (exact) mass is 443 g/mol. The fraction of sp³-hybridized carbons (Fsp3) is 0.310. The Bertz CT molecular complexity index is 1140. The molecule has 0 heterocycles. The smallest absolute Gasteiger partial charge is 0.265 e. The third-order valence-corrected chi connectivity index (χ3v) is 5.89. The Labute approximate surface area is 197 Å². The van der Waals surface area contributed by atoms with E-state index in [9.17, 15) is 9.59 Å². The van der Waals surface area contributed by atoms with Crippen LogP contribution >= 0.6 is 0 Å². The molecule has 0 radical (unpaired) electrons. The highest BCUT2D eigenvalue weighted by Gasteiger charge is 2.20. The lowest BCUT2D eigenvalue weighted by Gasteiger charge is -2.19. The van der Waals surface area contributed by atoms with Crippen LogP contribution in [0.5, 0.6) is 5.75 Å². The van der Waals surface area contributed by atoms with Gasteiger partial charge in [-0.25, -0.2) is 0 Å². The van der Waals surface area contributed by atoms with Crippen molar-refractivity contribution in [2.45, 2.75) is 59.5 Å². The number of anilines is 1.